The molecule has 1 rings (SSSR count). The number of nitrogens with zero attached hydrogens (tertiary/aromatic N) is 2. The number of carboxylic acids is 1. The van der Waals surface area contributed by atoms with Gasteiger partial charge in [0.15, 0.2) is 0 Å². The summed E-state index contributed by atoms with van der Waals surface area (Å²) >= 11 is 0. The summed E-state index contributed by atoms with van der Waals surface area (Å²) in [5.74, 6) is 0.0318. The number of piperidine rings is 1. The van der Waals surface area contributed by atoms with Crippen LogP contribution in [0.5, 0.6) is 0 Å². The maximum absolute atomic E-state index is 11.2. The van der Waals surface area contributed by atoms with Crippen LogP contribution >= 0.6 is 0 Å². The van der Waals surface area contributed by atoms with Gasteiger partial charge in [0.05, 0.1) is 0 Å². The van der Waals surface area contributed by atoms with E-state index in [-0.39, 0.29) is 0 Å². The highest BCUT2D eigenvalue weighted by Gasteiger charge is 2.30. The van der Waals surface area contributed by atoms with E-state index in [9.17, 15) is 9.90 Å². The minimum Gasteiger partial charge on any atom is -0.480 e. The summed E-state index contributed by atoms with van der Waals surface area (Å²) in [6.45, 7) is 6.27. The summed E-state index contributed by atoms with van der Waals surface area (Å²) in [6.07, 6.45) is 4.14. The Hall–Kier alpha value is -0.650. The molecule has 0 aliphatic carbocycles. The first-order valence-electron chi connectivity index (χ1n) is 7.67. The third-order valence-corrected chi connectivity index (χ3v) is 4.65. The second-order valence-electron chi connectivity index (χ2n) is 6.50. The summed E-state index contributed by atoms with van der Waals surface area (Å²) < 4.78 is 0. The van der Waals surface area contributed by atoms with Crippen molar-refractivity contribution in [3.63, 3.8) is 0 Å². The van der Waals surface area contributed by atoms with E-state index < -0.39 is 11.5 Å². The van der Waals surface area contributed by atoms with E-state index in [1.807, 2.05) is 0 Å². The number of likely N-dealkylation sites (tertiary alicyclic amines) is 1. The molecule has 1 unspecified atom stereocenters. The molecule has 5 heteroatoms. The van der Waals surface area contributed by atoms with Gasteiger partial charge >= 0.3 is 5.97 Å². The number of aliphatic carboxylic acids is 1. The molecule has 0 spiro atoms. The van der Waals surface area contributed by atoms with Crippen LogP contribution in [0.15, 0.2) is 0 Å². The van der Waals surface area contributed by atoms with E-state index in [1.165, 1.54) is 25.9 Å². The molecule has 0 amide bonds. The summed E-state index contributed by atoms with van der Waals surface area (Å²) in [5.41, 5.74) is -0.797. The molecule has 0 aromatic heterocycles. The second kappa shape index (κ2) is 7.96. The predicted molar refractivity (Wildman–Crippen MR) is 82.1 cm³/mol. The third-order valence-electron chi connectivity index (χ3n) is 4.65. The maximum atomic E-state index is 11.2. The van der Waals surface area contributed by atoms with Crippen LogP contribution in [0.4, 0.5) is 0 Å². The molecule has 0 aromatic rings. The van der Waals surface area contributed by atoms with Crippen molar-refractivity contribution in [3.8, 4) is 0 Å². The van der Waals surface area contributed by atoms with Crippen molar-refractivity contribution in [2.24, 2.45) is 5.92 Å². The zero-order valence-electron chi connectivity index (χ0n) is 13.5. The first-order valence-corrected chi connectivity index (χ1v) is 7.67. The Morgan fingerprint density at radius 1 is 1.45 bits per heavy atom. The molecule has 2 N–H and O–H groups in total. The minimum absolute atomic E-state index is 0.663. The van der Waals surface area contributed by atoms with Crippen LogP contribution in [-0.4, -0.2) is 73.7 Å². The molecule has 1 aliphatic rings. The molecule has 1 atom stereocenters. The third kappa shape index (κ3) is 5.38. The van der Waals surface area contributed by atoms with Crippen LogP contribution < -0.4 is 5.32 Å². The summed E-state index contributed by atoms with van der Waals surface area (Å²) in [6, 6.07) is 0. The van der Waals surface area contributed by atoms with Crippen molar-refractivity contribution in [1.29, 1.82) is 0 Å². The molecule has 1 aliphatic heterocycles. The highest BCUT2D eigenvalue weighted by molar-refractivity contribution is 5.78. The number of rotatable bonds is 8. The molecule has 1 fully saturated rings. The van der Waals surface area contributed by atoms with E-state index in [0.29, 0.717) is 6.42 Å². The summed E-state index contributed by atoms with van der Waals surface area (Å²) in [4.78, 5) is 15.9. The van der Waals surface area contributed by atoms with Crippen LogP contribution in [0, 0.1) is 5.92 Å². The SMILES string of the molecule is CNC(C)(CCCN(C)CC1CCN(C)CC1)C(=O)O. The van der Waals surface area contributed by atoms with Crippen molar-refractivity contribution < 1.29 is 9.90 Å². The van der Waals surface area contributed by atoms with Crippen LogP contribution in [0.1, 0.15) is 32.6 Å². The lowest BCUT2D eigenvalue weighted by Crippen LogP contribution is -2.47. The van der Waals surface area contributed by atoms with Crippen LogP contribution in [0.2, 0.25) is 0 Å². The topological polar surface area (TPSA) is 55.8 Å². The van der Waals surface area contributed by atoms with Gasteiger partial charge in [0.25, 0.3) is 0 Å². The zero-order valence-corrected chi connectivity index (χ0v) is 13.5. The minimum atomic E-state index is -0.797. The van der Waals surface area contributed by atoms with Crippen molar-refractivity contribution in [1.82, 2.24) is 15.1 Å². The quantitative estimate of drug-likeness (QED) is 0.699. The summed E-state index contributed by atoms with van der Waals surface area (Å²) in [5, 5.41) is 12.1. The molecule has 118 valence electrons. The average Bonchev–Trinajstić information content (AvgIpc) is 2.41. The van der Waals surface area contributed by atoms with Gasteiger partial charge in [-0.3, -0.25) is 4.79 Å². The number of carbonyl (C=O) groups is 1. The standard InChI is InChI=1S/C15H31N3O2/c1-15(16-2,14(19)20)8-5-9-18(4)12-13-6-10-17(3)11-7-13/h13,16H,5-12H2,1-4H3,(H,19,20). The Bertz CT molecular complexity index is 303. The Morgan fingerprint density at radius 2 is 2.05 bits per heavy atom. The largest absolute Gasteiger partial charge is 0.480 e. The molecular formula is C15H31N3O2. The monoisotopic (exact) mass is 285 g/mol. The molecule has 0 radical (unpaired) electrons. The van der Waals surface area contributed by atoms with Crippen LogP contribution in [0.3, 0.4) is 0 Å². The molecule has 0 bridgehead atoms. The Balaban J connectivity index is 2.23. The number of hydrogen-bond donors (Lipinski definition) is 2. The Morgan fingerprint density at radius 3 is 2.55 bits per heavy atom. The molecule has 5 nitrogen and oxygen atoms in total. The van der Waals surface area contributed by atoms with E-state index in [2.05, 4.69) is 29.2 Å². The zero-order chi connectivity index (χ0) is 15.2. The second-order valence-corrected chi connectivity index (χ2v) is 6.50. The smallest absolute Gasteiger partial charge is 0.323 e. The molecule has 1 heterocycles. The van der Waals surface area contributed by atoms with E-state index in [4.69, 9.17) is 0 Å². The van der Waals surface area contributed by atoms with Gasteiger partial charge < -0.3 is 20.2 Å². The number of hydrogen-bond acceptors (Lipinski definition) is 4. The first-order chi connectivity index (χ1) is 9.37. The fraction of sp³-hybridized carbons (Fsp3) is 0.933. The van der Waals surface area contributed by atoms with Crippen molar-refractivity contribution >= 4 is 5.97 Å². The van der Waals surface area contributed by atoms with E-state index >= 15 is 0 Å². The number of nitrogens with one attached hydrogen (secondary N) is 1. The highest BCUT2D eigenvalue weighted by Crippen LogP contribution is 2.18. The lowest BCUT2D eigenvalue weighted by Gasteiger charge is -2.32. The predicted octanol–water partition coefficient (Wildman–Crippen LogP) is 1.10. The summed E-state index contributed by atoms with van der Waals surface area (Å²) in [7, 11) is 6.05. The highest BCUT2D eigenvalue weighted by atomic mass is 16.4. The van der Waals surface area contributed by atoms with Crippen molar-refractivity contribution in [3.05, 3.63) is 0 Å². The Labute approximate surface area is 123 Å². The number of likely N-dealkylation sites (N-methyl/N-ethyl adjacent to an activating group) is 1. The molecule has 0 aromatic carbocycles. The van der Waals surface area contributed by atoms with Gasteiger partial charge in [-0.15, -0.1) is 0 Å². The van der Waals surface area contributed by atoms with Crippen LogP contribution in [0.25, 0.3) is 0 Å². The van der Waals surface area contributed by atoms with Gasteiger partial charge in [-0.2, -0.15) is 0 Å². The fourth-order valence-electron chi connectivity index (χ4n) is 2.82. The van der Waals surface area contributed by atoms with Gasteiger partial charge in [0.2, 0.25) is 0 Å². The van der Waals surface area contributed by atoms with Gasteiger partial charge in [0.1, 0.15) is 5.54 Å². The first kappa shape index (κ1) is 17.4. The lowest BCUT2D eigenvalue weighted by atomic mass is 9.95. The molecule has 0 saturated carbocycles. The van der Waals surface area contributed by atoms with Gasteiger partial charge in [-0.05, 0) is 79.3 Å². The van der Waals surface area contributed by atoms with E-state index in [1.54, 1.807) is 14.0 Å². The Kier molecular flexibility index (Phi) is 6.92. The van der Waals surface area contributed by atoms with Crippen molar-refractivity contribution in [2.75, 3.05) is 47.3 Å². The normalized spacial score (nSPS) is 21.1. The molecule has 1 saturated heterocycles. The molecular weight excluding hydrogens is 254 g/mol. The van der Waals surface area contributed by atoms with Gasteiger partial charge in [-0.25, -0.2) is 0 Å². The lowest BCUT2D eigenvalue weighted by molar-refractivity contribution is -0.144. The maximum Gasteiger partial charge on any atom is 0.323 e. The number of carboxylic acid groups (broad SMARTS) is 1. The van der Waals surface area contributed by atoms with Crippen LogP contribution in [-0.2, 0) is 4.79 Å². The molecule has 20 heavy (non-hydrogen) atoms. The average molecular weight is 285 g/mol. The van der Waals surface area contributed by atoms with Gasteiger partial charge in [0, 0.05) is 6.54 Å². The van der Waals surface area contributed by atoms with E-state index in [0.717, 1.165) is 25.4 Å². The fourth-order valence-corrected chi connectivity index (χ4v) is 2.82. The van der Waals surface area contributed by atoms with Crippen molar-refractivity contribution in [2.45, 2.75) is 38.1 Å². The van der Waals surface area contributed by atoms with Gasteiger partial charge in [-0.1, -0.05) is 0 Å².